The molecule has 2 fully saturated rings. The lowest BCUT2D eigenvalue weighted by Gasteiger charge is -2.21. The molecule has 2 aromatic carbocycles. The van der Waals surface area contributed by atoms with Crippen molar-refractivity contribution in [3.8, 4) is 5.75 Å². The summed E-state index contributed by atoms with van der Waals surface area (Å²) in [5, 5.41) is 29.1. The molecule has 146 valence electrons. The minimum atomic E-state index is -0.510. The Labute approximate surface area is 162 Å². The first kappa shape index (κ1) is 19.9. The standard InChI is InChI=1S/C15H21NO3.C8H10/c17-13-3-1-10(2-4-13)15(19)9-16-7-11-5-14(18)6-12(11)8-16;1-7-5-3-4-6-8(7)2/h1-4,11-12,14-15,17-19H,5-9H2;3-6H,1-2H3/t11-,12+,14?,15?;. The zero-order chi connectivity index (χ0) is 19.4. The van der Waals surface area contributed by atoms with Gasteiger partial charge in [0, 0.05) is 19.6 Å². The molecule has 4 atom stereocenters. The largest absolute Gasteiger partial charge is 0.508 e. The molecule has 3 N–H and O–H groups in total. The van der Waals surface area contributed by atoms with E-state index in [1.807, 2.05) is 0 Å². The highest BCUT2D eigenvalue weighted by atomic mass is 16.3. The summed E-state index contributed by atoms with van der Waals surface area (Å²) in [7, 11) is 0. The second-order valence-corrected chi connectivity index (χ2v) is 8.06. The molecule has 1 saturated heterocycles. The van der Waals surface area contributed by atoms with Gasteiger partial charge < -0.3 is 15.3 Å². The fraction of sp³-hybridized carbons (Fsp3) is 0.478. The number of nitrogens with zero attached hydrogens (tertiary/aromatic N) is 1. The van der Waals surface area contributed by atoms with Gasteiger partial charge >= 0.3 is 0 Å². The molecular weight excluding hydrogens is 338 g/mol. The van der Waals surface area contributed by atoms with Crippen molar-refractivity contribution in [2.24, 2.45) is 11.8 Å². The lowest BCUT2D eigenvalue weighted by atomic mass is 10.0. The van der Waals surface area contributed by atoms with Crippen LogP contribution in [-0.2, 0) is 0 Å². The van der Waals surface area contributed by atoms with Crippen LogP contribution in [0.3, 0.4) is 0 Å². The van der Waals surface area contributed by atoms with Crippen LogP contribution in [0, 0.1) is 25.7 Å². The molecule has 0 spiro atoms. The van der Waals surface area contributed by atoms with Crippen molar-refractivity contribution in [1.29, 1.82) is 0 Å². The van der Waals surface area contributed by atoms with Crippen molar-refractivity contribution in [3.63, 3.8) is 0 Å². The Morgan fingerprint density at radius 1 is 0.926 bits per heavy atom. The van der Waals surface area contributed by atoms with Crippen molar-refractivity contribution in [2.45, 2.75) is 38.9 Å². The van der Waals surface area contributed by atoms with Crippen LogP contribution in [0.1, 0.15) is 35.6 Å². The molecule has 2 aliphatic rings. The van der Waals surface area contributed by atoms with Gasteiger partial charge in [-0.05, 0) is 67.3 Å². The van der Waals surface area contributed by atoms with E-state index >= 15 is 0 Å². The number of likely N-dealkylation sites (tertiary alicyclic amines) is 1. The van der Waals surface area contributed by atoms with Crippen LogP contribution in [0.4, 0.5) is 0 Å². The van der Waals surface area contributed by atoms with Crippen LogP contribution in [0.2, 0.25) is 0 Å². The molecule has 4 heteroatoms. The number of aliphatic hydroxyl groups is 2. The second kappa shape index (κ2) is 8.87. The first-order valence-corrected chi connectivity index (χ1v) is 9.82. The predicted octanol–water partition coefficient (Wildman–Crippen LogP) is 3.43. The summed E-state index contributed by atoms with van der Waals surface area (Å²) in [5.41, 5.74) is 3.58. The van der Waals surface area contributed by atoms with Gasteiger partial charge in [-0.25, -0.2) is 0 Å². The van der Waals surface area contributed by atoms with Gasteiger partial charge in [-0.3, -0.25) is 4.90 Å². The molecule has 1 heterocycles. The molecule has 1 aliphatic heterocycles. The van der Waals surface area contributed by atoms with Gasteiger partial charge in [-0.15, -0.1) is 0 Å². The summed E-state index contributed by atoms with van der Waals surface area (Å²) >= 11 is 0. The maximum Gasteiger partial charge on any atom is 0.115 e. The number of benzene rings is 2. The summed E-state index contributed by atoms with van der Waals surface area (Å²) < 4.78 is 0. The van der Waals surface area contributed by atoms with Crippen molar-refractivity contribution < 1.29 is 15.3 Å². The number of hydrogen-bond donors (Lipinski definition) is 3. The van der Waals surface area contributed by atoms with Gasteiger partial charge in [-0.2, -0.15) is 0 Å². The third-order valence-electron chi connectivity index (χ3n) is 5.94. The van der Waals surface area contributed by atoms with E-state index in [0.29, 0.717) is 18.4 Å². The molecule has 4 rings (SSSR count). The second-order valence-electron chi connectivity index (χ2n) is 8.06. The Morgan fingerprint density at radius 3 is 1.93 bits per heavy atom. The van der Waals surface area contributed by atoms with Gasteiger partial charge in [0.2, 0.25) is 0 Å². The quantitative estimate of drug-likeness (QED) is 0.776. The van der Waals surface area contributed by atoms with Crippen LogP contribution < -0.4 is 0 Å². The summed E-state index contributed by atoms with van der Waals surface area (Å²) in [5.74, 6) is 1.42. The molecule has 1 saturated carbocycles. The molecule has 0 aromatic heterocycles. The Hall–Kier alpha value is -1.88. The van der Waals surface area contributed by atoms with Crippen LogP contribution in [0.25, 0.3) is 0 Å². The highest BCUT2D eigenvalue weighted by molar-refractivity contribution is 5.27. The molecule has 2 aromatic rings. The average Bonchev–Trinajstić information content (AvgIpc) is 3.15. The summed E-state index contributed by atoms with van der Waals surface area (Å²) in [6, 6.07) is 15.1. The highest BCUT2D eigenvalue weighted by Gasteiger charge is 2.40. The maximum atomic E-state index is 10.2. The van der Waals surface area contributed by atoms with E-state index in [-0.39, 0.29) is 11.9 Å². The Bertz CT molecular complexity index is 696. The molecule has 27 heavy (non-hydrogen) atoms. The van der Waals surface area contributed by atoms with Crippen LogP contribution in [-0.4, -0.2) is 46.0 Å². The summed E-state index contributed by atoms with van der Waals surface area (Å²) in [4.78, 5) is 2.29. The summed E-state index contributed by atoms with van der Waals surface area (Å²) in [6.45, 7) is 6.84. The van der Waals surface area contributed by atoms with E-state index in [9.17, 15) is 15.3 Å². The minimum Gasteiger partial charge on any atom is -0.508 e. The van der Waals surface area contributed by atoms with Gasteiger partial charge in [0.25, 0.3) is 0 Å². The lowest BCUT2D eigenvalue weighted by Crippen LogP contribution is -2.28. The fourth-order valence-electron chi connectivity index (χ4n) is 4.22. The fourth-order valence-corrected chi connectivity index (χ4v) is 4.22. The van der Waals surface area contributed by atoms with E-state index in [1.165, 1.54) is 11.1 Å². The molecule has 4 nitrogen and oxygen atoms in total. The first-order chi connectivity index (χ1) is 12.9. The van der Waals surface area contributed by atoms with Crippen LogP contribution >= 0.6 is 0 Å². The maximum absolute atomic E-state index is 10.2. The van der Waals surface area contributed by atoms with Gasteiger partial charge in [-0.1, -0.05) is 36.4 Å². The minimum absolute atomic E-state index is 0.112. The normalized spacial score (nSPS) is 25.6. The average molecular weight is 370 g/mol. The highest BCUT2D eigenvalue weighted by Crippen LogP contribution is 2.38. The molecule has 0 radical (unpaired) electrons. The van der Waals surface area contributed by atoms with Gasteiger partial charge in [0.05, 0.1) is 12.2 Å². The predicted molar refractivity (Wildman–Crippen MR) is 108 cm³/mol. The van der Waals surface area contributed by atoms with E-state index in [1.54, 1.807) is 24.3 Å². The first-order valence-electron chi connectivity index (χ1n) is 9.82. The molecule has 2 unspecified atom stereocenters. The zero-order valence-electron chi connectivity index (χ0n) is 16.3. The lowest BCUT2D eigenvalue weighted by molar-refractivity contribution is 0.113. The molecular formula is C23H31NO3. The summed E-state index contributed by atoms with van der Waals surface area (Å²) in [6.07, 6.45) is 1.20. The number of aryl methyl sites for hydroxylation is 2. The Kier molecular flexibility index (Phi) is 6.53. The van der Waals surface area contributed by atoms with Crippen LogP contribution in [0.5, 0.6) is 5.75 Å². The van der Waals surface area contributed by atoms with Crippen LogP contribution in [0.15, 0.2) is 48.5 Å². The van der Waals surface area contributed by atoms with Crippen molar-refractivity contribution in [2.75, 3.05) is 19.6 Å². The number of aromatic hydroxyl groups is 1. The van der Waals surface area contributed by atoms with E-state index in [2.05, 4.69) is 43.0 Å². The Balaban J connectivity index is 0.000000221. The SMILES string of the molecule is Cc1ccccc1C.Oc1ccc(C(O)CN2C[C@H]3CC(O)C[C@H]3C2)cc1. The van der Waals surface area contributed by atoms with Crippen molar-refractivity contribution >= 4 is 0 Å². The van der Waals surface area contributed by atoms with Gasteiger partial charge in [0.15, 0.2) is 0 Å². The molecule has 0 amide bonds. The Morgan fingerprint density at radius 2 is 1.44 bits per heavy atom. The monoisotopic (exact) mass is 369 g/mol. The van der Waals surface area contributed by atoms with Gasteiger partial charge in [0.1, 0.15) is 5.75 Å². The number of β-amino-alcohol motifs (C(OH)–C–C–N with tert-alkyl or cyclic N) is 1. The zero-order valence-corrected chi connectivity index (χ0v) is 16.3. The van der Waals surface area contributed by atoms with E-state index in [0.717, 1.165) is 31.5 Å². The number of aliphatic hydroxyl groups excluding tert-OH is 2. The number of phenols is 1. The van der Waals surface area contributed by atoms with E-state index in [4.69, 9.17) is 0 Å². The number of rotatable bonds is 3. The topological polar surface area (TPSA) is 63.9 Å². The van der Waals surface area contributed by atoms with Crippen molar-refractivity contribution in [3.05, 3.63) is 65.2 Å². The van der Waals surface area contributed by atoms with Crippen molar-refractivity contribution in [1.82, 2.24) is 4.90 Å². The number of fused-ring (bicyclic) bond motifs is 1. The smallest absolute Gasteiger partial charge is 0.115 e. The number of hydrogen-bond acceptors (Lipinski definition) is 4. The third kappa shape index (κ3) is 5.32. The molecule has 1 aliphatic carbocycles. The van der Waals surface area contributed by atoms with E-state index < -0.39 is 6.10 Å². The third-order valence-corrected chi connectivity index (χ3v) is 5.94. The number of phenolic OH excluding ortho intramolecular Hbond substituents is 1. The molecule has 0 bridgehead atoms.